The molecule has 0 atom stereocenters. The van der Waals surface area contributed by atoms with E-state index in [0.29, 0.717) is 13.1 Å². The number of anilines is 1. The van der Waals surface area contributed by atoms with E-state index in [2.05, 4.69) is 15.6 Å². The first-order valence-corrected chi connectivity index (χ1v) is 5.22. The molecule has 0 unspecified atom stereocenters. The quantitative estimate of drug-likeness (QED) is 0.749. The second-order valence-electron chi connectivity index (χ2n) is 3.72. The average Bonchev–Trinajstić information content (AvgIpc) is 2.26. The summed E-state index contributed by atoms with van der Waals surface area (Å²) in [5.41, 5.74) is 1.10. The summed E-state index contributed by atoms with van der Waals surface area (Å²) in [6.07, 6.45) is 1.74. The molecule has 1 rings (SSSR count). The van der Waals surface area contributed by atoms with Crippen LogP contribution in [-0.4, -0.2) is 43.1 Å². The van der Waals surface area contributed by atoms with E-state index >= 15 is 0 Å². The van der Waals surface area contributed by atoms with Crippen molar-refractivity contribution in [3.8, 4) is 0 Å². The Hall–Kier alpha value is -1.78. The third-order valence-corrected chi connectivity index (χ3v) is 2.11. The maximum absolute atomic E-state index is 11.2. The van der Waals surface area contributed by atoms with E-state index in [1.807, 2.05) is 19.1 Å². The second-order valence-corrected chi connectivity index (χ2v) is 3.72. The first-order chi connectivity index (χ1) is 7.61. The smallest absolute Gasteiger partial charge is 0.316 e. The van der Waals surface area contributed by atoms with Crippen LogP contribution in [0.2, 0.25) is 0 Å². The van der Waals surface area contributed by atoms with Crippen LogP contribution < -0.4 is 10.6 Å². The molecule has 0 aliphatic carbocycles. The Morgan fingerprint density at radius 1 is 1.44 bits per heavy atom. The molecule has 5 heteroatoms. The van der Waals surface area contributed by atoms with Crippen molar-refractivity contribution in [3.05, 3.63) is 23.9 Å². The summed E-state index contributed by atoms with van der Waals surface area (Å²) in [5, 5.41) is 5.93. The van der Waals surface area contributed by atoms with Gasteiger partial charge < -0.3 is 15.5 Å². The normalized spacial score (nSPS) is 9.69. The van der Waals surface area contributed by atoms with Gasteiger partial charge in [0.15, 0.2) is 0 Å². The largest absolute Gasteiger partial charge is 0.368 e. The van der Waals surface area contributed by atoms with Crippen molar-refractivity contribution in [3.63, 3.8) is 0 Å². The highest BCUT2D eigenvalue weighted by Gasteiger charge is 2.01. The number of hydrogen-bond donors (Lipinski definition) is 2. The van der Waals surface area contributed by atoms with Crippen molar-refractivity contribution in [2.45, 2.75) is 6.92 Å². The number of aromatic nitrogens is 1. The van der Waals surface area contributed by atoms with Gasteiger partial charge in [0.05, 0.1) is 0 Å². The third kappa shape index (κ3) is 3.76. The Bertz CT molecular complexity index is 352. The molecule has 0 bridgehead atoms. The monoisotopic (exact) mass is 222 g/mol. The molecule has 2 N–H and O–H groups in total. The highest BCUT2D eigenvalue weighted by atomic mass is 16.2. The molecule has 0 radical (unpaired) electrons. The van der Waals surface area contributed by atoms with Crippen molar-refractivity contribution in [2.24, 2.45) is 0 Å². The fraction of sp³-hybridized carbons (Fsp3) is 0.455. The fourth-order valence-corrected chi connectivity index (χ4v) is 1.18. The molecule has 0 aliphatic heterocycles. The molecule has 2 amide bonds. The topological polar surface area (TPSA) is 57.3 Å². The molecule has 0 saturated carbocycles. The van der Waals surface area contributed by atoms with Crippen molar-refractivity contribution in [1.82, 2.24) is 15.2 Å². The van der Waals surface area contributed by atoms with E-state index in [0.717, 1.165) is 11.4 Å². The summed E-state index contributed by atoms with van der Waals surface area (Å²) in [6, 6.07) is 3.81. The molecule has 0 aromatic carbocycles. The zero-order chi connectivity index (χ0) is 12.0. The van der Waals surface area contributed by atoms with Crippen molar-refractivity contribution in [1.29, 1.82) is 0 Å². The minimum absolute atomic E-state index is 0.0838. The second kappa shape index (κ2) is 5.95. The number of aryl methyl sites for hydroxylation is 1. The van der Waals surface area contributed by atoms with Crippen LogP contribution in [0.1, 0.15) is 5.56 Å². The molecule has 0 fully saturated rings. The number of nitrogens with zero attached hydrogens (tertiary/aromatic N) is 2. The van der Waals surface area contributed by atoms with Gasteiger partial charge in [-0.25, -0.2) is 9.78 Å². The summed E-state index contributed by atoms with van der Waals surface area (Å²) in [7, 11) is 3.43. The summed E-state index contributed by atoms with van der Waals surface area (Å²) in [6.45, 7) is 3.23. The van der Waals surface area contributed by atoms with Crippen LogP contribution in [0.5, 0.6) is 0 Å². The lowest BCUT2D eigenvalue weighted by atomic mass is 10.3. The molecule has 1 aromatic rings. The number of amides is 2. The van der Waals surface area contributed by atoms with E-state index in [4.69, 9.17) is 0 Å². The van der Waals surface area contributed by atoms with Crippen LogP contribution in [0.15, 0.2) is 18.3 Å². The van der Waals surface area contributed by atoms with Crippen molar-refractivity contribution >= 4 is 11.8 Å². The van der Waals surface area contributed by atoms with Crippen LogP contribution in [0.3, 0.4) is 0 Å². The molecule has 88 valence electrons. The lowest BCUT2D eigenvalue weighted by Crippen LogP contribution is -2.37. The highest BCUT2D eigenvalue weighted by molar-refractivity contribution is 5.73. The highest BCUT2D eigenvalue weighted by Crippen LogP contribution is 2.07. The van der Waals surface area contributed by atoms with Crippen LogP contribution in [0.25, 0.3) is 0 Å². The Balaban J connectivity index is 2.26. The van der Waals surface area contributed by atoms with Gasteiger partial charge in [0.2, 0.25) is 0 Å². The van der Waals surface area contributed by atoms with Crippen LogP contribution in [-0.2, 0) is 0 Å². The van der Waals surface area contributed by atoms with Gasteiger partial charge in [0, 0.05) is 33.4 Å². The number of hydrogen-bond acceptors (Lipinski definition) is 3. The molecule has 1 heterocycles. The number of rotatable bonds is 4. The van der Waals surface area contributed by atoms with Gasteiger partial charge in [-0.05, 0) is 18.6 Å². The van der Waals surface area contributed by atoms with Crippen LogP contribution >= 0.6 is 0 Å². The fourth-order valence-electron chi connectivity index (χ4n) is 1.18. The zero-order valence-electron chi connectivity index (χ0n) is 9.95. The summed E-state index contributed by atoms with van der Waals surface area (Å²) in [4.78, 5) is 16.9. The lowest BCUT2D eigenvalue weighted by molar-refractivity contribution is 0.218. The van der Waals surface area contributed by atoms with E-state index in [-0.39, 0.29) is 6.03 Å². The number of pyridine rings is 1. The van der Waals surface area contributed by atoms with Crippen molar-refractivity contribution in [2.75, 3.05) is 32.5 Å². The maximum atomic E-state index is 11.2. The van der Waals surface area contributed by atoms with Crippen molar-refractivity contribution < 1.29 is 4.79 Å². The predicted octanol–water partition coefficient (Wildman–Crippen LogP) is 1.07. The number of nitrogens with one attached hydrogen (secondary N) is 2. The van der Waals surface area contributed by atoms with Crippen LogP contribution in [0, 0.1) is 6.92 Å². The Kier molecular flexibility index (Phi) is 4.57. The predicted molar refractivity (Wildman–Crippen MR) is 64.5 cm³/mol. The van der Waals surface area contributed by atoms with Gasteiger partial charge in [0.25, 0.3) is 0 Å². The molecular formula is C11H18N4O. The first-order valence-electron chi connectivity index (χ1n) is 5.22. The molecule has 0 aliphatic rings. The third-order valence-electron chi connectivity index (χ3n) is 2.11. The van der Waals surface area contributed by atoms with Gasteiger partial charge in [-0.3, -0.25) is 0 Å². The summed E-state index contributed by atoms with van der Waals surface area (Å²) < 4.78 is 0. The number of urea groups is 1. The Morgan fingerprint density at radius 3 is 2.81 bits per heavy atom. The van der Waals surface area contributed by atoms with Gasteiger partial charge >= 0.3 is 6.03 Å². The van der Waals surface area contributed by atoms with Crippen LogP contribution in [0.4, 0.5) is 10.6 Å². The molecule has 0 saturated heterocycles. The van der Waals surface area contributed by atoms with Gasteiger partial charge in [-0.2, -0.15) is 0 Å². The Labute approximate surface area is 95.9 Å². The van der Waals surface area contributed by atoms with Gasteiger partial charge in [0.1, 0.15) is 5.82 Å². The van der Waals surface area contributed by atoms with Gasteiger partial charge in [-0.15, -0.1) is 0 Å². The first kappa shape index (κ1) is 12.3. The molecular weight excluding hydrogens is 204 g/mol. The molecule has 0 spiro atoms. The molecule has 5 nitrogen and oxygen atoms in total. The maximum Gasteiger partial charge on any atom is 0.316 e. The standard InChI is InChI=1S/C11H18N4O/c1-9-5-4-6-12-10(9)13-7-8-14-11(16)15(2)3/h4-6H,7-8H2,1-3H3,(H,12,13)(H,14,16). The SMILES string of the molecule is Cc1cccnc1NCCNC(=O)N(C)C. The minimum atomic E-state index is -0.0838. The molecule has 16 heavy (non-hydrogen) atoms. The number of carbonyl (C=O) groups excluding carboxylic acids is 1. The summed E-state index contributed by atoms with van der Waals surface area (Å²) >= 11 is 0. The molecule has 1 aromatic heterocycles. The van der Waals surface area contributed by atoms with E-state index < -0.39 is 0 Å². The Morgan fingerprint density at radius 2 is 2.19 bits per heavy atom. The minimum Gasteiger partial charge on any atom is -0.368 e. The van der Waals surface area contributed by atoms with Gasteiger partial charge in [-0.1, -0.05) is 6.07 Å². The van der Waals surface area contributed by atoms with E-state index in [9.17, 15) is 4.79 Å². The summed E-state index contributed by atoms with van der Waals surface area (Å²) in [5.74, 6) is 0.863. The average molecular weight is 222 g/mol. The van der Waals surface area contributed by atoms with E-state index in [1.165, 1.54) is 4.90 Å². The van der Waals surface area contributed by atoms with E-state index in [1.54, 1.807) is 20.3 Å². The lowest BCUT2D eigenvalue weighted by Gasteiger charge is -2.12. The zero-order valence-corrected chi connectivity index (χ0v) is 9.95. The number of carbonyl (C=O) groups is 1.